The molecule has 0 spiro atoms. The Balaban J connectivity index is 2.01. The van der Waals surface area contributed by atoms with Crippen LogP contribution in [-0.4, -0.2) is 29.6 Å². The third-order valence-corrected chi connectivity index (χ3v) is 6.84. The first kappa shape index (κ1) is 16.5. The minimum absolute atomic E-state index is 0.174. The fourth-order valence-electron chi connectivity index (χ4n) is 3.29. The Bertz CT molecular complexity index is 845. The molecule has 1 heterocycles. The van der Waals surface area contributed by atoms with E-state index in [2.05, 4.69) is 5.10 Å². The summed E-state index contributed by atoms with van der Waals surface area (Å²) in [4.78, 5) is 0.306. The van der Waals surface area contributed by atoms with Crippen LogP contribution in [0, 0.1) is 6.92 Å². The van der Waals surface area contributed by atoms with Gasteiger partial charge in [0.1, 0.15) is 0 Å². The summed E-state index contributed by atoms with van der Waals surface area (Å²) in [5.41, 5.74) is 2.79. The monoisotopic (exact) mass is 353 g/mol. The summed E-state index contributed by atoms with van der Waals surface area (Å²) < 4.78 is 29.4. The van der Waals surface area contributed by atoms with Gasteiger partial charge in [-0.2, -0.15) is 9.40 Å². The number of sulfonamides is 1. The SMILES string of the molecule is Cc1cc(Cl)ccc1S(=O)(=O)N(C)C1CCCc2c1cnn2C. The second-order valence-electron chi connectivity index (χ2n) is 6.01. The number of aryl methyl sites for hydroxylation is 2. The predicted molar refractivity (Wildman–Crippen MR) is 90.0 cm³/mol. The van der Waals surface area contributed by atoms with Gasteiger partial charge in [-0.3, -0.25) is 4.68 Å². The maximum atomic E-state index is 13.0. The van der Waals surface area contributed by atoms with E-state index in [1.807, 2.05) is 11.7 Å². The Morgan fingerprint density at radius 1 is 1.39 bits per heavy atom. The van der Waals surface area contributed by atoms with Crippen molar-refractivity contribution in [3.8, 4) is 0 Å². The lowest BCUT2D eigenvalue weighted by Gasteiger charge is -2.31. The summed E-state index contributed by atoms with van der Waals surface area (Å²) in [6.07, 6.45) is 4.49. The smallest absolute Gasteiger partial charge is 0.243 e. The summed E-state index contributed by atoms with van der Waals surface area (Å²) >= 11 is 5.95. The average Bonchev–Trinajstić information content (AvgIpc) is 2.88. The number of halogens is 1. The molecule has 3 rings (SSSR count). The highest BCUT2D eigenvalue weighted by Crippen LogP contribution is 2.36. The second-order valence-corrected chi connectivity index (χ2v) is 8.41. The molecule has 0 amide bonds. The van der Waals surface area contributed by atoms with E-state index in [1.165, 1.54) is 4.31 Å². The van der Waals surface area contributed by atoms with Crippen molar-refractivity contribution in [3.63, 3.8) is 0 Å². The van der Waals surface area contributed by atoms with E-state index in [-0.39, 0.29) is 6.04 Å². The van der Waals surface area contributed by atoms with Gasteiger partial charge >= 0.3 is 0 Å². The molecule has 1 atom stereocenters. The Kier molecular flexibility index (Phi) is 4.25. The van der Waals surface area contributed by atoms with Crippen LogP contribution in [0.1, 0.15) is 35.7 Å². The van der Waals surface area contributed by atoms with Crippen molar-refractivity contribution in [1.82, 2.24) is 14.1 Å². The number of hydrogen-bond acceptors (Lipinski definition) is 3. The van der Waals surface area contributed by atoms with Gasteiger partial charge in [0.05, 0.1) is 17.1 Å². The molecule has 0 saturated heterocycles. The van der Waals surface area contributed by atoms with Gasteiger partial charge in [-0.15, -0.1) is 0 Å². The van der Waals surface area contributed by atoms with Gasteiger partial charge in [0.2, 0.25) is 10.0 Å². The molecule has 124 valence electrons. The first-order chi connectivity index (χ1) is 10.8. The van der Waals surface area contributed by atoms with Crippen molar-refractivity contribution in [2.75, 3.05) is 7.05 Å². The highest BCUT2D eigenvalue weighted by Gasteiger charge is 2.34. The third-order valence-electron chi connectivity index (χ3n) is 4.58. The van der Waals surface area contributed by atoms with Crippen LogP contribution >= 0.6 is 11.6 Å². The van der Waals surface area contributed by atoms with E-state index < -0.39 is 10.0 Å². The van der Waals surface area contributed by atoms with Gasteiger partial charge in [-0.25, -0.2) is 8.42 Å². The van der Waals surface area contributed by atoms with E-state index >= 15 is 0 Å². The van der Waals surface area contributed by atoms with E-state index in [1.54, 1.807) is 38.4 Å². The number of rotatable bonds is 3. The Hall–Kier alpha value is -1.37. The molecular weight excluding hydrogens is 334 g/mol. The second kappa shape index (κ2) is 5.92. The predicted octanol–water partition coefficient (Wildman–Crippen LogP) is 3.08. The lowest BCUT2D eigenvalue weighted by molar-refractivity contribution is 0.335. The number of hydrogen-bond donors (Lipinski definition) is 0. The van der Waals surface area contributed by atoms with Crippen molar-refractivity contribution in [2.45, 2.75) is 37.1 Å². The molecule has 1 unspecified atom stereocenters. The number of benzene rings is 1. The molecule has 0 fully saturated rings. The molecule has 0 bridgehead atoms. The van der Waals surface area contributed by atoms with Crippen LogP contribution < -0.4 is 0 Å². The van der Waals surface area contributed by atoms with Gasteiger partial charge in [-0.1, -0.05) is 11.6 Å². The summed E-state index contributed by atoms with van der Waals surface area (Å²) in [5.74, 6) is 0. The molecule has 1 aliphatic rings. The maximum absolute atomic E-state index is 13.0. The fourth-order valence-corrected chi connectivity index (χ4v) is 5.08. The lowest BCUT2D eigenvalue weighted by atomic mass is 9.93. The first-order valence-electron chi connectivity index (χ1n) is 7.57. The minimum Gasteiger partial charge on any atom is -0.272 e. The highest BCUT2D eigenvalue weighted by molar-refractivity contribution is 7.89. The van der Waals surface area contributed by atoms with Gasteiger partial charge < -0.3 is 0 Å². The molecule has 5 nitrogen and oxygen atoms in total. The highest BCUT2D eigenvalue weighted by atomic mass is 35.5. The van der Waals surface area contributed by atoms with Gasteiger partial charge in [-0.05, 0) is 49.9 Å². The van der Waals surface area contributed by atoms with Crippen molar-refractivity contribution < 1.29 is 8.42 Å². The van der Waals surface area contributed by atoms with Crippen LogP contribution in [0.5, 0.6) is 0 Å². The van der Waals surface area contributed by atoms with Crippen LogP contribution in [0.3, 0.4) is 0 Å². The normalized spacial score (nSPS) is 18.2. The average molecular weight is 354 g/mol. The molecule has 7 heteroatoms. The van der Waals surface area contributed by atoms with E-state index in [0.717, 1.165) is 30.5 Å². The lowest BCUT2D eigenvalue weighted by Crippen LogP contribution is -2.33. The largest absolute Gasteiger partial charge is 0.272 e. The molecule has 0 aliphatic heterocycles. The van der Waals surface area contributed by atoms with Gasteiger partial charge in [0.25, 0.3) is 0 Å². The number of nitrogens with zero attached hydrogens (tertiary/aromatic N) is 3. The van der Waals surface area contributed by atoms with Crippen LogP contribution in [0.2, 0.25) is 5.02 Å². The Morgan fingerprint density at radius 3 is 2.83 bits per heavy atom. The molecular formula is C16H20ClN3O2S. The summed E-state index contributed by atoms with van der Waals surface area (Å²) in [6.45, 7) is 1.77. The molecule has 0 N–H and O–H groups in total. The molecule has 23 heavy (non-hydrogen) atoms. The van der Waals surface area contributed by atoms with Gasteiger partial charge in [0, 0.05) is 30.4 Å². The van der Waals surface area contributed by atoms with Crippen molar-refractivity contribution in [3.05, 3.63) is 46.2 Å². The molecule has 0 radical (unpaired) electrons. The molecule has 1 aromatic heterocycles. The Morgan fingerprint density at radius 2 is 2.13 bits per heavy atom. The fraction of sp³-hybridized carbons (Fsp3) is 0.438. The zero-order valence-electron chi connectivity index (χ0n) is 13.5. The minimum atomic E-state index is -3.58. The zero-order valence-corrected chi connectivity index (χ0v) is 15.0. The third kappa shape index (κ3) is 2.79. The summed E-state index contributed by atoms with van der Waals surface area (Å²) in [6, 6.07) is 4.70. The Labute approximate surface area is 141 Å². The first-order valence-corrected chi connectivity index (χ1v) is 9.39. The standard InChI is InChI=1S/C16H20ClN3O2S/c1-11-9-12(17)7-8-16(11)23(21,22)20(3)15-6-4-5-14-13(15)10-18-19(14)2/h7-10,15H,4-6H2,1-3H3. The van der Waals surface area contributed by atoms with Crippen LogP contribution in [0.15, 0.2) is 29.3 Å². The zero-order chi connectivity index (χ0) is 16.8. The van der Waals surface area contributed by atoms with Crippen molar-refractivity contribution in [2.24, 2.45) is 7.05 Å². The van der Waals surface area contributed by atoms with Crippen molar-refractivity contribution >= 4 is 21.6 Å². The molecule has 0 saturated carbocycles. The van der Waals surface area contributed by atoms with Crippen LogP contribution in [0.4, 0.5) is 0 Å². The number of fused-ring (bicyclic) bond motifs is 1. The van der Waals surface area contributed by atoms with Crippen molar-refractivity contribution in [1.29, 1.82) is 0 Å². The van der Waals surface area contributed by atoms with E-state index in [9.17, 15) is 8.42 Å². The van der Waals surface area contributed by atoms with Crippen LogP contribution in [0.25, 0.3) is 0 Å². The van der Waals surface area contributed by atoms with Crippen LogP contribution in [-0.2, 0) is 23.5 Å². The van der Waals surface area contributed by atoms with E-state index in [4.69, 9.17) is 11.6 Å². The quantitative estimate of drug-likeness (QED) is 0.852. The molecule has 1 aliphatic carbocycles. The topological polar surface area (TPSA) is 55.2 Å². The summed E-state index contributed by atoms with van der Waals surface area (Å²) in [7, 11) is -0.0310. The molecule has 1 aromatic carbocycles. The molecule has 2 aromatic rings. The number of aromatic nitrogens is 2. The maximum Gasteiger partial charge on any atom is 0.243 e. The van der Waals surface area contributed by atoms with Gasteiger partial charge in [0.15, 0.2) is 0 Å². The summed E-state index contributed by atoms with van der Waals surface area (Å²) in [5, 5.41) is 4.83. The van der Waals surface area contributed by atoms with E-state index in [0.29, 0.717) is 15.5 Å².